The molecule has 0 aliphatic carbocycles. The molecule has 96 valence electrons. The summed E-state index contributed by atoms with van der Waals surface area (Å²) in [6.45, 7) is 1.53. The van der Waals surface area contributed by atoms with Crippen molar-refractivity contribution in [3.63, 3.8) is 0 Å². The summed E-state index contributed by atoms with van der Waals surface area (Å²) in [5, 5.41) is 0. The van der Waals surface area contributed by atoms with Crippen LogP contribution in [-0.2, 0) is 9.84 Å². The van der Waals surface area contributed by atoms with Crippen LogP contribution in [0.15, 0.2) is 17.0 Å². The summed E-state index contributed by atoms with van der Waals surface area (Å²) in [6, 6.07) is 2.03. The molecule has 0 aliphatic rings. The second-order valence-corrected chi connectivity index (χ2v) is 6.98. The molecular formula is C10H13F2NO2S2. The Labute approximate surface area is 103 Å². The Morgan fingerprint density at radius 2 is 1.82 bits per heavy atom. The molecule has 0 unspecified atom stereocenters. The Balaban J connectivity index is 2.71. The van der Waals surface area contributed by atoms with Crippen molar-refractivity contribution in [3.05, 3.63) is 23.8 Å². The van der Waals surface area contributed by atoms with E-state index in [0.717, 1.165) is 23.9 Å². The van der Waals surface area contributed by atoms with Crippen LogP contribution in [0.3, 0.4) is 0 Å². The van der Waals surface area contributed by atoms with E-state index in [1.54, 1.807) is 0 Å². The smallest absolute Gasteiger partial charge is 0.150 e. The molecule has 3 nitrogen and oxygen atoms in total. The molecule has 2 N–H and O–H groups in total. The van der Waals surface area contributed by atoms with Gasteiger partial charge in [0.1, 0.15) is 11.6 Å². The minimum Gasteiger partial charge on any atom is -0.399 e. The molecule has 0 aromatic heterocycles. The summed E-state index contributed by atoms with van der Waals surface area (Å²) in [6.07, 6.45) is 0. The molecule has 1 aromatic rings. The Morgan fingerprint density at radius 1 is 1.29 bits per heavy atom. The van der Waals surface area contributed by atoms with Crippen molar-refractivity contribution in [2.75, 3.05) is 23.0 Å². The Bertz CT molecular complexity index is 480. The van der Waals surface area contributed by atoms with Gasteiger partial charge in [0.05, 0.1) is 10.6 Å². The fraction of sp³-hybridized carbons (Fsp3) is 0.400. The average molecular weight is 281 g/mol. The first-order valence-corrected chi connectivity index (χ1v) is 7.74. The Kier molecular flexibility index (Phi) is 4.76. The summed E-state index contributed by atoms with van der Waals surface area (Å²) < 4.78 is 49.0. The molecular weight excluding hydrogens is 268 g/mol. The lowest BCUT2D eigenvalue weighted by atomic mass is 10.3. The minimum absolute atomic E-state index is 0.00512. The van der Waals surface area contributed by atoms with E-state index in [-0.39, 0.29) is 27.8 Å². The van der Waals surface area contributed by atoms with Gasteiger partial charge in [0.2, 0.25) is 0 Å². The van der Waals surface area contributed by atoms with Crippen molar-refractivity contribution in [3.8, 4) is 0 Å². The van der Waals surface area contributed by atoms with Gasteiger partial charge in [-0.05, 0) is 12.1 Å². The molecule has 0 bridgehead atoms. The average Bonchev–Trinajstić information content (AvgIpc) is 2.22. The van der Waals surface area contributed by atoms with Crippen LogP contribution in [0.25, 0.3) is 0 Å². The SMILES string of the molecule is CCS(=O)(=O)CCSc1c(F)cc(N)cc1F. The predicted octanol–water partition coefficient (Wildman–Crippen LogP) is 2.07. The zero-order chi connectivity index (χ0) is 13.1. The number of nitrogen functional groups attached to an aromatic ring is 1. The van der Waals surface area contributed by atoms with E-state index in [9.17, 15) is 17.2 Å². The van der Waals surface area contributed by atoms with Gasteiger partial charge in [-0.25, -0.2) is 17.2 Å². The van der Waals surface area contributed by atoms with Gasteiger partial charge in [-0.1, -0.05) is 6.92 Å². The predicted molar refractivity (Wildman–Crippen MR) is 65.8 cm³/mol. The number of hydrogen-bond donors (Lipinski definition) is 1. The molecule has 0 aliphatic heterocycles. The Hall–Kier alpha value is -0.820. The number of anilines is 1. The van der Waals surface area contributed by atoms with Crippen molar-refractivity contribution in [1.82, 2.24) is 0 Å². The van der Waals surface area contributed by atoms with Crippen LogP contribution in [0.5, 0.6) is 0 Å². The molecule has 0 fully saturated rings. The zero-order valence-electron chi connectivity index (χ0n) is 9.24. The van der Waals surface area contributed by atoms with E-state index >= 15 is 0 Å². The lowest BCUT2D eigenvalue weighted by Gasteiger charge is -2.06. The highest BCUT2D eigenvalue weighted by atomic mass is 32.2. The second kappa shape index (κ2) is 5.68. The van der Waals surface area contributed by atoms with E-state index in [2.05, 4.69) is 0 Å². The summed E-state index contributed by atoms with van der Waals surface area (Å²) in [4.78, 5) is -0.189. The van der Waals surface area contributed by atoms with Crippen molar-refractivity contribution >= 4 is 27.3 Å². The van der Waals surface area contributed by atoms with Gasteiger partial charge < -0.3 is 5.73 Å². The number of hydrogen-bond acceptors (Lipinski definition) is 4. The molecule has 17 heavy (non-hydrogen) atoms. The van der Waals surface area contributed by atoms with Gasteiger partial charge in [0, 0.05) is 17.2 Å². The van der Waals surface area contributed by atoms with Gasteiger partial charge in [-0.15, -0.1) is 11.8 Å². The quantitative estimate of drug-likeness (QED) is 0.663. The molecule has 0 saturated heterocycles. The molecule has 0 saturated carbocycles. The number of nitrogens with two attached hydrogens (primary N) is 1. The summed E-state index contributed by atoms with van der Waals surface area (Å²) in [5.74, 6) is -1.48. The molecule has 0 spiro atoms. The number of sulfone groups is 1. The lowest BCUT2D eigenvalue weighted by molar-refractivity contribution is 0.542. The highest BCUT2D eigenvalue weighted by Gasteiger charge is 2.13. The third-order valence-corrected chi connectivity index (χ3v) is 5.15. The molecule has 1 aromatic carbocycles. The summed E-state index contributed by atoms with van der Waals surface area (Å²) >= 11 is 0.840. The Morgan fingerprint density at radius 3 is 2.29 bits per heavy atom. The first-order valence-electron chi connectivity index (χ1n) is 4.93. The van der Waals surface area contributed by atoms with E-state index in [1.807, 2.05) is 0 Å². The number of thioether (sulfide) groups is 1. The van der Waals surface area contributed by atoms with E-state index < -0.39 is 21.5 Å². The van der Waals surface area contributed by atoms with Crippen LogP contribution < -0.4 is 5.73 Å². The lowest BCUT2D eigenvalue weighted by Crippen LogP contribution is -2.10. The second-order valence-electron chi connectivity index (χ2n) is 3.40. The van der Waals surface area contributed by atoms with Crippen LogP contribution in [-0.4, -0.2) is 25.7 Å². The van der Waals surface area contributed by atoms with Crippen molar-refractivity contribution in [2.24, 2.45) is 0 Å². The molecule has 0 amide bonds. The maximum atomic E-state index is 13.3. The normalized spacial score (nSPS) is 11.7. The molecule has 7 heteroatoms. The summed E-state index contributed by atoms with van der Waals surface area (Å²) in [5.41, 5.74) is 5.27. The number of rotatable bonds is 5. The first-order chi connectivity index (χ1) is 7.85. The molecule has 0 radical (unpaired) electrons. The van der Waals surface area contributed by atoms with Crippen LogP contribution in [0.2, 0.25) is 0 Å². The fourth-order valence-electron chi connectivity index (χ4n) is 1.13. The highest BCUT2D eigenvalue weighted by molar-refractivity contribution is 8.00. The maximum absolute atomic E-state index is 13.3. The third kappa shape index (κ3) is 4.16. The van der Waals surface area contributed by atoms with Gasteiger partial charge in [0.25, 0.3) is 0 Å². The first kappa shape index (κ1) is 14.2. The van der Waals surface area contributed by atoms with Crippen LogP contribution in [0.4, 0.5) is 14.5 Å². The van der Waals surface area contributed by atoms with E-state index in [1.165, 1.54) is 6.92 Å². The highest BCUT2D eigenvalue weighted by Crippen LogP contribution is 2.27. The third-order valence-electron chi connectivity index (χ3n) is 2.10. The number of benzene rings is 1. The maximum Gasteiger partial charge on any atom is 0.150 e. The van der Waals surface area contributed by atoms with Crippen molar-refractivity contribution in [1.29, 1.82) is 0 Å². The van der Waals surface area contributed by atoms with Crippen LogP contribution >= 0.6 is 11.8 Å². The fourth-order valence-corrected chi connectivity index (χ4v) is 3.37. The van der Waals surface area contributed by atoms with Gasteiger partial charge >= 0.3 is 0 Å². The standard InChI is InChI=1S/C10H13F2NO2S2/c1-2-17(14,15)4-3-16-10-8(11)5-7(13)6-9(10)12/h5-6H,2-4,13H2,1H3. The summed E-state index contributed by atoms with van der Waals surface area (Å²) in [7, 11) is -3.11. The van der Waals surface area contributed by atoms with Crippen LogP contribution in [0.1, 0.15) is 6.92 Å². The largest absolute Gasteiger partial charge is 0.399 e. The van der Waals surface area contributed by atoms with Gasteiger partial charge in [-0.2, -0.15) is 0 Å². The van der Waals surface area contributed by atoms with Gasteiger partial charge in [-0.3, -0.25) is 0 Å². The monoisotopic (exact) mass is 281 g/mol. The zero-order valence-corrected chi connectivity index (χ0v) is 10.9. The topological polar surface area (TPSA) is 60.2 Å². The molecule has 0 atom stereocenters. The van der Waals surface area contributed by atoms with Crippen molar-refractivity contribution < 1.29 is 17.2 Å². The molecule has 0 heterocycles. The molecule has 1 rings (SSSR count). The van der Waals surface area contributed by atoms with E-state index in [4.69, 9.17) is 5.73 Å². The van der Waals surface area contributed by atoms with E-state index in [0.29, 0.717) is 0 Å². The van der Waals surface area contributed by atoms with Crippen molar-refractivity contribution in [2.45, 2.75) is 11.8 Å². The van der Waals surface area contributed by atoms with Crippen LogP contribution in [0, 0.1) is 11.6 Å². The van der Waals surface area contributed by atoms with Gasteiger partial charge in [0.15, 0.2) is 9.84 Å². The number of halogens is 2. The minimum atomic E-state index is -3.11.